The maximum Gasteiger partial charge on any atom is 0.193 e. The Balaban J connectivity index is 2.01. The summed E-state index contributed by atoms with van der Waals surface area (Å²) in [5, 5.41) is 14.0. The number of benzene rings is 1. The van der Waals surface area contributed by atoms with Crippen LogP contribution in [0.3, 0.4) is 0 Å². The molecule has 0 bridgehead atoms. The minimum atomic E-state index is -0.194. The number of rotatable bonds is 5. The summed E-state index contributed by atoms with van der Waals surface area (Å²) in [6.07, 6.45) is 2.89. The number of hydrogen-bond donors (Lipinski definition) is 2. The van der Waals surface area contributed by atoms with Gasteiger partial charge in [0.15, 0.2) is 5.96 Å². The molecule has 5 heteroatoms. The Morgan fingerprint density at radius 3 is 2.82 bits per heavy atom. The van der Waals surface area contributed by atoms with Gasteiger partial charge < -0.3 is 15.3 Å². The van der Waals surface area contributed by atoms with Gasteiger partial charge in [0.05, 0.1) is 6.10 Å². The van der Waals surface area contributed by atoms with Gasteiger partial charge in [-0.2, -0.15) is 0 Å². The molecule has 0 aliphatic heterocycles. The topological polar surface area (TPSA) is 47.9 Å². The summed E-state index contributed by atoms with van der Waals surface area (Å²) in [5.74, 6) is 1.16. The number of aliphatic hydroxyl groups is 1. The molecule has 0 aromatic heterocycles. The molecule has 2 N–H and O–H groups in total. The van der Waals surface area contributed by atoms with Gasteiger partial charge in [-0.3, -0.25) is 4.99 Å². The minimum absolute atomic E-state index is 0.194. The van der Waals surface area contributed by atoms with Crippen molar-refractivity contribution in [3.8, 4) is 0 Å². The summed E-state index contributed by atoms with van der Waals surface area (Å²) in [7, 11) is 2.01. The minimum Gasteiger partial charge on any atom is -0.393 e. The Morgan fingerprint density at radius 1 is 1.41 bits per heavy atom. The molecule has 1 aromatic carbocycles. The van der Waals surface area contributed by atoms with E-state index in [0.717, 1.165) is 42.4 Å². The van der Waals surface area contributed by atoms with E-state index in [1.807, 2.05) is 31.3 Å². The summed E-state index contributed by atoms with van der Waals surface area (Å²) in [5.41, 5.74) is 1.08. The summed E-state index contributed by atoms with van der Waals surface area (Å²) in [4.78, 5) is 6.78. The molecule has 122 valence electrons. The van der Waals surface area contributed by atoms with Crippen LogP contribution in [0.1, 0.15) is 31.7 Å². The highest BCUT2D eigenvalue weighted by Gasteiger charge is 2.25. The van der Waals surface area contributed by atoms with Crippen LogP contribution in [0.15, 0.2) is 29.3 Å². The molecule has 0 saturated heterocycles. The zero-order chi connectivity index (χ0) is 15.9. The largest absolute Gasteiger partial charge is 0.393 e. The quantitative estimate of drug-likeness (QED) is 0.647. The lowest BCUT2D eigenvalue weighted by molar-refractivity contribution is 0.136. The maximum absolute atomic E-state index is 9.92. The smallest absolute Gasteiger partial charge is 0.193 e. The summed E-state index contributed by atoms with van der Waals surface area (Å²) < 4.78 is 0. The Hall–Kier alpha value is -1.26. The molecule has 1 fully saturated rings. The lowest BCUT2D eigenvalue weighted by atomic mass is 10.1. The highest BCUT2D eigenvalue weighted by Crippen LogP contribution is 2.25. The summed E-state index contributed by atoms with van der Waals surface area (Å²) >= 11 is 6.23. The van der Waals surface area contributed by atoms with Gasteiger partial charge >= 0.3 is 0 Å². The molecule has 0 radical (unpaired) electrons. The Labute approximate surface area is 138 Å². The van der Waals surface area contributed by atoms with E-state index in [0.29, 0.717) is 19.0 Å². The Kier molecular flexibility index (Phi) is 6.52. The van der Waals surface area contributed by atoms with Gasteiger partial charge in [0, 0.05) is 37.6 Å². The molecule has 0 amide bonds. The molecule has 2 atom stereocenters. The standard InChI is InChI=1S/C17H26ClN3O/c1-3-19-17(20-11-13-8-6-10-16(13)22)21(2)12-14-7-4-5-9-15(14)18/h4-5,7,9,13,16,22H,3,6,8,10-12H2,1-2H3,(H,19,20). The second-order valence-corrected chi connectivity index (χ2v) is 6.31. The maximum atomic E-state index is 9.92. The number of guanidine groups is 1. The second-order valence-electron chi connectivity index (χ2n) is 5.90. The predicted octanol–water partition coefficient (Wildman–Crippen LogP) is 2.90. The van der Waals surface area contributed by atoms with Crippen LogP contribution in [0.25, 0.3) is 0 Å². The van der Waals surface area contributed by atoms with Crippen LogP contribution in [0.5, 0.6) is 0 Å². The van der Waals surface area contributed by atoms with E-state index >= 15 is 0 Å². The van der Waals surface area contributed by atoms with Crippen molar-refractivity contribution < 1.29 is 5.11 Å². The summed E-state index contributed by atoms with van der Waals surface area (Å²) in [6, 6.07) is 7.87. The number of nitrogens with zero attached hydrogens (tertiary/aromatic N) is 2. The van der Waals surface area contributed by atoms with Gasteiger partial charge in [0.1, 0.15) is 0 Å². The molecule has 1 aliphatic rings. The number of aliphatic imine (C=N–C) groups is 1. The third-order valence-corrected chi connectivity index (χ3v) is 4.53. The molecule has 2 rings (SSSR count). The van der Waals surface area contributed by atoms with Gasteiger partial charge in [-0.25, -0.2) is 0 Å². The normalized spacial score (nSPS) is 21.9. The van der Waals surface area contributed by atoms with E-state index in [-0.39, 0.29) is 6.10 Å². The fourth-order valence-corrected chi connectivity index (χ4v) is 3.06. The van der Waals surface area contributed by atoms with Crippen LogP contribution in [0.4, 0.5) is 0 Å². The Bertz CT molecular complexity index is 506. The first-order valence-corrected chi connectivity index (χ1v) is 8.40. The fourth-order valence-electron chi connectivity index (χ4n) is 2.86. The number of nitrogens with one attached hydrogen (secondary N) is 1. The van der Waals surface area contributed by atoms with E-state index < -0.39 is 0 Å². The molecule has 0 heterocycles. The van der Waals surface area contributed by atoms with E-state index in [9.17, 15) is 5.11 Å². The lowest BCUT2D eigenvalue weighted by Crippen LogP contribution is -2.39. The molecule has 1 aliphatic carbocycles. The average molecular weight is 324 g/mol. The van der Waals surface area contributed by atoms with Gasteiger partial charge in [0.2, 0.25) is 0 Å². The molecule has 0 spiro atoms. The highest BCUT2D eigenvalue weighted by atomic mass is 35.5. The van der Waals surface area contributed by atoms with Crippen LogP contribution in [-0.4, -0.2) is 42.2 Å². The zero-order valence-electron chi connectivity index (χ0n) is 13.4. The third kappa shape index (κ3) is 4.62. The molecule has 4 nitrogen and oxygen atoms in total. The first-order valence-electron chi connectivity index (χ1n) is 8.02. The fraction of sp³-hybridized carbons (Fsp3) is 0.588. The van der Waals surface area contributed by atoms with E-state index in [1.54, 1.807) is 0 Å². The Morgan fingerprint density at radius 2 is 2.18 bits per heavy atom. The van der Waals surface area contributed by atoms with Gasteiger partial charge in [0.25, 0.3) is 0 Å². The molecule has 2 unspecified atom stereocenters. The second kappa shape index (κ2) is 8.39. The summed E-state index contributed by atoms with van der Waals surface area (Å²) in [6.45, 7) is 4.26. The number of aliphatic hydroxyl groups excluding tert-OH is 1. The van der Waals surface area contributed by atoms with E-state index in [1.165, 1.54) is 0 Å². The molecule has 22 heavy (non-hydrogen) atoms. The van der Waals surface area contributed by atoms with Crippen molar-refractivity contribution in [1.82, 2.24) is 10.2 Å². The zero-order valence-corrected chi connectivity index (χ0v) is 14.2. The van der Waals surface area contributed by atoms with Crippen molar-refractivity contribution in [3.05, 3.63) is 34.9 Å². The molecule has 1 saturated carbocycles. The van der Waals surface area contributed by atoms with Crippen molar-refractivity contribution in [3.63, 3.8) is 0 Å². The van der Waals surface area contributed by atoms with Gasteiger partial charge in [-0.1, -0.05) is 36.2 Å². The van der Waals surface area contributed by atoms with Crippen molar-refractivity contribution in [2.24, 2.45) is 10.9 Å². The first-order chi connectivity index (χ1) is 10.6. The number of hydrogen-bond acceptors (Lipinski definition) is 2. The van der Waals surface area contributed by atoms with Crippen molar-refractivity contribution in [2.45, 2.75) is 38.8 Å². The van der Waals surface area contributed by atoms with Crippen LogP contribution in [-0.2, 0) is 6.54 Å². The molecular weight excluding hydrogens is 298 g/mol. The van der Waals surface area contributed by atoms with Crippen molar-refractivity contribution in [1.29, 1.82) is 0 Å². The predicted molar refractivity (Wildman–Crippen MR) is 92.2 cm³/mol. The van der Waals surface area contributed by atoms with Crippen LogP contribution in [0, 0.1) is 5.92 Å². The SMILES string of the molecule is CCNC(=NCC1CCCC1O)N(C)Cc1ccccc1Cl. The molecular formula is C17H26ClN3O. The van der Waals surface area contributed by atoms with Crippen LogP contribution >= 0.6 is 11.6 Å². The lowest BCUT2D eigenvalue weighted by Gasteiger charge is -2.23. The highest BCUT2D eigenvalue weighted by molar-refractivity contribution is 6.31. The monoisotopic (exact) mass is 323 g/mol. The van der Waals surface area contributed by atoms with Crippen molar-refractivity contribution >= 4 is 17.6 Å². The van der Waals surface area contributed by atoms with Crippen LogP contribution < -0.4 is 5.32 Å². The van der Waals surface area contributed by atoms with Gasteiger partial charge in [-0.15, -0.1) is 0 Å². The first kappa shape index (κ1) is 17.1. The van der Waals surface area contributed by atoms with E-state index in [4.69, 9.17) is 16.6 Å². The number of halogens is 1. The van der Waals surface area contributed by atoms with E-state index in [2.05, 4.69) is 17.1 Å². The van der Waals surface area contributed by atoms with Crippen LogP contribution in [0.2, 0.25) is 5.02 Å². The third-order valence-electron chi connectivity index (χ3n) is 4.16. The van der Waals surface area contributed by atoms with Crippen molar-refractivity contribution in [2.75, 3.05) is 20.1 Å². The van der Waals surface area contributed by atoms with Gasteiger partial charge in [-0.05, 0) is 31.4 Å². The average Bonchev–Trinajstić information content (AvgIpc) is 2.91. The molecule has 1 aromatic rings.